The van der Waals surface area contributed by atoms with Crippen molar-refractivity contribution in [3.05, 3.63) is 48.4 Å². The monoisotopic (exact) mass is 184 g/mol. The van der Waals surface area contributed by atoms with Crippen molar-refractivity contribution in [3.63, 3.8) is 0 Å². The lowest BCUT2D eigenvalue weighted by atomic mass is 10.1. The first-order valence-electron chi connectivity index (χ1n) is 4.39. The number of ether oxygens (including phenoxy) is 1. The van der Waals surface area contributed by atoms with E-state index in [-0.39, 0.29) is 0 Å². The van der Waals surface area contributed by atoms with Crippen molar-refractivity contribution in [1.29, 1.82) is 0 Å². The van der Waals surface area contributed by atoms with Crippen molar-refractivity contribution in [1.82, 2.24) is 0 Å². The molecule has 0 fully saturated rings. The average Bonchev–Trinajstić information content (AvgIpc) is 2.61. The Morgan fingerprint density at radius 2 is 2.07 bits per heavy atom. The third kappa shape index (κ3) is 0.973. The summed E-state index contributed by atoms with van der Waals surface area (Å²) in [6, 6.07) is 5.86. The van der Waals surface area contributed by atoms with Crippen LogP contribution in [-0.2, 0) is 0 Å². The van der Waals surface area contributed by atoms with Crippen LogP contribution in [0.4, 0.5) is 0 Å². The van der Waals surface area contributed by atoms with E-state index < -0.39 is 0 Å². The van der Waals surface area contributed by atoms with Gasteiger partial charge in [0.15, 0.2) is 0 Å². The standard InChI is InChI=1S/C12H8O2/c1-8-2-3-9-6-10-4-5-13-11(10)7-12(9)14-8/h2-7H,1H2. The van der Waals surface area contributed by atoms with Crippen LogP contribution in [0, 0.1) is 0 Å². The largest absolute Gasteiger partial charge is 0.464 e. The summed E-state index contributed by atoms with van der Waals surface area (Å²) >= 11 is 0. The minimum Gasteiger partial charge on any atom is -0.464 e. The van der Waals surface area contributed by atoms with E-state index in [0.29, 0.717) is 5.76 Å². The summed E-state index contributed by atoms with van der Waals surface area (Å²) in [5.74, 6) is 1.46. The quantitative estimate of drug-likeness (QED) is 0.626. The molecule has 0 spiro atoms. The van der Waals surface area contributed by atoms with E-state index >= 15 is 0 Å². The van der Waals surface area contributed by atoms with Gasteiger partial charge in [0.1, 0.15) is 17.1 Å². The van der Waals surface area contributed by atoms with E-state index in [1.165, 1.54) is 0 Å². The van der Waals surface area contributed by atoms with Gasteiger partial charge in [-0.05, 0) is 24.3 Å². The Morgan fingerprint density at radius 1 is 1.14 bits per heavy atom. The maximum absolute atomic E-state index is 5.47. The second-order valence-corrected chi connectivity index (χ2v) is 3.25. The fourth-order valence-electron chi connectivity index (χ4n) is 1.59. The highest BCUT2D eigenvalue weighted by Crippen LogP contribution is 2.31. The predicted octanol–water partition coefficient (Wildman–Crippen LogP) is 3.35. The smallest absolute Gasteiger partial charge is 0.138 e. The lowest BCUT2D eigenvalue weighted by Crippen LogP contribution is -1.96. The Bertz CT molecular complexity index is 546. The fraction of sp³-hybridized carbons (Fsp3) is 0. The molecule has 2 heterocycles. The SMILES string of the molecule is C=C1C=Cc2cc3ccoc3cc2O1. The van der Waals surface area contributed by atoms with Gasteiger partial charge in [-0.3, -0.25) is 0 Å². The summed E-state index contributed by atoms with van der Waals surface area (Å²) in [6.07, 6.45) is 5.52. The Kier molecular flexibility index (Phi) is 1.34. The third-order valence-electron chi connectivity index (χ3n) is 2.27. The Morgan fingerprint density at radius 3 is 3.00 bits per heavy atom. The van der Waals surface area contributed by atoms with E-state index in [2.05, 4.69) is 6.58 Å². The molecule has 0 amide bonds. The lowest BCUT2D eigenvalue weighted by molar-refractivity contribution is 0.442. The van der Waals surface area contributed by atoms with Gasteiger partial charge in [0.25, 0.3) is 0 Å². The maximum atomic E-state index is 5.47. The van der Waals surface area contributed by atoms with Crippen LogP contribution in [-0.4, -0.2) is 0 Å². The third-order valence-corrected chi connectivity index (χ3v) is 2.27. The van der Waals surface area contributed by atoms with Gasteiger partial charge >= 0.3 is 0 Å². The molecular formula is C12H8O2. The van der Waals surface area contributed by atoms with Crippen LogP contribution in [0.1, 0.15) is 5.56 Å². The Labute approximate surface area is 81.1 Å². The molecule has 14 heavy (non-hydrogen) atoms. The first kappa shape index (κ1) is 7.44. The molecule has 1 aliphatic rings. The Hall–Kier alpha value is -1.96. The van der Waals surface area contributed by atoms with Crippen LogP contribution in [0.5, 0.6) is 5.75 Å². The molecule has 0 N–H and O–H groups in total. The maximum Gasteiger partial charge on any atom is 0.138 e. The second kappa shape index (κ2) is 2.51. The van der Waals surface area contributed by atoms with Gasteiger partial charge in [0, 0.05) is 17.0 Å². The summed E-state index contributed by atoms with van der Waals surface area (Å²) < 4.78 is 10.8. The van der Waals surface area contributed by atoms with Crippen LogP contribution >= 0.6 is 0 Å². The molecule has 1 aromatic carbocycles. The predicted molar refractivity (Wildman–Crippen MR) is 55.0 cm³/mol. The van der Waals surface area contributed by atoms with E-state index in [0.717, 1.165) is 22.3 Å². The van der Waals surface area contributed by atoms with Crippen LogP contribution in [0.2, 0.25) is 0 Å². The number of furan rings is 1. The molecule has 0 atom stereocenters. The van der Waals surface area contributed by atoms with Crippen molar-refractivity contribution in [3.8, 4) is 5.75 Å². The van der Waals surface area contributed by atoms with Crippen molar-refractivity contribution < 1.29 is 9.15 Å². The van der Waals surface area contributed by atoms with Gasteiger partial charge in [-0.25, -0.2) is 0 Å². The Balaban J connectivity index is 2.31. The number of rotatable bonds is 0. The molecular weight excluding hydrogens is 176 g/mol. The van der Waals surface area contributed by atoms with E-state index in [1.54, 1.807) is 6.26 Å². The summed E-state index contributed by atoms with van der Waals surface area (Å²) in [5.41, 5.74) is 1.90. The zero-order chi connectivity index (χ0) is 9.54. The highest BCUT2D eigenvalue weighted by molar-refractivity contribution is 5.83. The number of hydrogen-bond donors (Lipinski definition) is 0. The molecule has 0 saturated heterocycles. The first-order chi connectivity index (χ1) is 6.83. The highest BCUT2D eigenvalue weighted by Gasteiger charge is 2.10. The number of benzene rings is 1. The topological polar surface area (TPSA) is 22.4 Å². The van der Waals surface area contributed by atoms with Gasteiger partial charge < -0.3 is 9.15 Å². The molecule has 0 saturated carbocycles. The first-order valence-corrected chi connectivity index (χ1v) is 4.39. The van der Waals surface area contributed by atoms with Crippen molar-refractivity contribution in [2.24, 2.45) is 0 Å². The minimum absolute atomic E-state index is 0.656. The molecule has 0 aliphatic carbocycles. The van der Waals surface area contributed by atoms with Crippen LogP contribution in [0.25, 0.3) is 17.0 Å². The second-order valence-electron chi connectivity index (χ2n) is 3.25. The van der Waals surface area contributed by atoms with Crippen LogP contribution in [0.3, 0.4) is 0 Å². The van der Waals surface area contributed by atoms with Gasteiger partial charge in [0.2, 0.25) is 0 Å². The normalized spacial score (nSPS) is 14.1. The highest BCUT2D eigenvalue weighted by atomic mass is 16.5. The van der Waals surface area contributed by atoms with Crippen LogP contribution < -0.4 is 4.74 Å². The zero-order valence-corrected chi connectivity index (χ0v) is 7.49. The molecule has 2 aromatic rings. The molecule has 68 valence electrons. The molecule has 0 bridgehead atoms. The van der Waals surface area contributed by atoms with Gasteiger partial charge in [-0.1, -0.05) is 6.58 Å². The van der Waals surface area contributed by atoms with E-state index in [1.807, 2.05) is 30.4 Å². The summed E-state index contributed by atoms with van der Waals surface area (Å²) in [4.78, 5) is 0. The van der Waals surface area contributed by atoms with Gasteiger partial charge in [-0.15, -0.1) is 0 Å². The van der Waals surface area contributed by atoms with Crippen molar-refractivity contribution >= 4 is 17.0 Å². The minimum atomic E-state index is 0.656. The zero-order valence-electron chi connectivity index (χ0n) is 7.49. The molecule has 1 aromatic heterocycles. The average molecular weight is 184 g/mol. The van der Waals surface area contributed by atoms with Crippen molar-refractivity contribution in [2.45, 2.75) is 0 Å². The number of fused-ring (bicyclic) bond motifs is 2. The summed E-state index contributed by atoms with van der Waals surface area (Å²) in [5, 5.41) is 1.09. The van der Waals surface area contributed by atoms with E-state index in [9.17, 15) is 0 Å². The van der Waals surface area contributed by atoms with Crippen molar-refractivity contribution in [2.75, 3.05) is 0 Å². The molecule has 1 aliphatic heterocycles. The molecule has 0 unspecified atom stereocenters. The number of allylic oxidation sites excluding steroid dienone is 1. The summed E-state index contributed by atoms with van der Waals surface area (Å²) in [7, 11) is 0. The molecule has 2 heteroatoms. The molecule has 3 rings (SSSR count). The van der Waals surface area contributed by atoms with E-state index in [4.69, 9.17) is 9.15 Å². The lowest BCUT2D eigenvalue weighted by Gasteiger charge is -2.12. The number of hydrogen-bond acceptors (Lipinski definition) is 2. The van der Waals surface area contributed by atoms with Gasteiger partial charge in [0.05, 0.1) is 6.26 Å². The van der Waals surface area contributed by atoms with Gasteiger partial charge in [-0.2, -0.15) is 0 Å². The molecule has 2 nitrogen and oxygen atoms in total. The summed E-state index contributed by atoms with van der Waals surface area (Å²) in [6.45, 7) is 3.74. The molecule has 0 radical (unpaired) electrons. The van der Waals surface area contributed by atoms with Crippen LogP contribution in [0.15, 0.2) is 47.3 Å². The fourth-order valence-corrected chi connectivity index (χ4v) is 1.59.